The number of ether oxygens (including phenoxy) is 1. The molecule has 16 heavy (non-hydrogen) atoms. The molecule has 0 aromatic heterocycles. The van der Waals surface area contributed by atoms with Gasteiger partial charge in [0.05, 0.1) is 11.9 Å². The fourth-order valence-corrected chi connectivity index (χ4v) is 3.85. The van der Waals surface area contributed by atoms with Gasteiger partial charge < -0.3 is 10.1 Å². The maximum Gasteiger partial charge on any atom is 0.217 e. The van der Waals surface area contributed by atoms with E-state index in [2.05, 4.69) is 10.0 Å². The van der Waals surface area contributed by atoms with E-state index in [-0.39, 0.29) is 11.3 Å². The zero-order valence-corrected chi connectivity index (χ0v) is 10.3. The summed E-state index contributed by atoms with van der Waals surface area (Å²) in [7, 11) is -3.20. The van der Waals surface area contributed by atoms with Crippen LogP contribution >= 0.6 is 0 Å². The van der Waals surface area contributed by atoms with Crippen LogP contribution in [0.15, 0.2) is 0 Å². The Labute approximate surface area is 97.0 Å². The molecule has 2 heterocycles. The van der Waals surface area contributed by atoms with Crippen LogP contribution in [0.4, 0.5) is 0 Å². The van der Waals surface area contributed by atoms with Crippen LogP contribution in [0.25, 0.3) is 0 Å². The average Bonchev–Trinajstić information content (AvgIpc) is 2.31. The van der Waals surface area contributed by atoms with Gasteiger partial charge in [-0.2, -0.15) is 0 Å². The lowest BCUT2D eigenvalue weighted by atomic mass is 10.1. The molecule has 6 heteroatoms. The second-order valence-electron chi connectivity index (χ2n) is 4.55. The molecule has 2 aliphatic rings. The Bertz CT molecular complexity index is 306. The molecular weight excluding hydrogens is 228 g/mol. The van der Waals surface area contributed by atoms with Crippen LogP contribution in [0.5, 0.6) is 0 Å². The summed E-state index contributed by atoms with van der Waals surface area (Å²) in [4.78, 5) is 0. The minimum absolute atomic E-state index is 0.0562. The van der Waals surface area contributed by atoms with Gasteiger partial charge in [-0.3, -0.25) is 0 Å². The van der Waals surface area contributed by atoms with Crippen LogP contribution in [-0.2, 0) is 14.8 Å². The lowest BCUT2D eigenvalue weighted by Gasteiger charge is -2.28. The highest BCUT2D eigenvalue weighted by molar-refractivity contribution is 7.90. The summed E-state index contributed by atoms with van der Waals surface area (Å²) in [5, 5.41) is 2.84. The van der Waals surface area contributed by atoms with Crippen molar-refractivity contribution in [2.24, 2.45) is 0 Å². The number of hydrogen-bond donors (Lipinski definition) is 2. The SMILES string of the molecule is O=S(=O)(N[C@H]1CCCNC1)C1CCCOC1. The van der Waals surface area contributed by atoms with Crippen molar-refractivity contribution in [2.45, 2.75) is 37.0 Å². The average molecular weight is 248 g/mol. The highest BCUT2D eigenvalue weighted by Crippen LogP contribution is 2.15. The van der Waals surface area contributed by atoms with Gasteiger partial charge in [0.2, 0.25) is 10.0 Å². The largest absolute Gasteiger partial charge is 0.380 e. The van der Waals surface area contributed by atoms with E-state index in [0.29, 0.717) is 13.2 Å². The molecule has 0 saturated carbocycles. The fourth-order valence-electron chi connectivity index (χ4n) is 2.24. The summed E-state index contributed by atoms with van der Waals surface area (Å²) in [6, 6.07) is 0.0562. The molecule has 0 aliphatic carbocycles. The lowest BCUT2D eigenvalue weighted by Crippen LogP contribution is -2.49. The Morgan fingerprint density at radius 2 is 2.12 bits per heavy atom. The van der Waals surface area contributed by atoms with Gasteiger partial charge in [0.25, 0.3) is 0 Å². The third-order valence-corrected chi connectivity index (χ3v) is 5.10. The Morgan fingerprint density at radius 1 is 1.25 bits per heavy atom. The highest BCUT2D eigenvalue weighted by Gasteiger charge is 2.30. The smallest absolute Gasteiger partial charge is 0.217 e. The Kier molecular flexibility index (Phi) is 4.18. The van der Waals surface area contributed by atoms with Crippen LogP contribution in [-0.4, -0.2) is 46.0 Å². The first-order valence-electron chi connectivity index (χ1n) is 5.98. The van der Waals surface area contributed by atoms with Crippen molar-refractivity contribution in [3.05, 3.63) is 0 Å². The zero-order chi connectivity index (χ0) is 11.4. The Morgan fingerprint density at radius 3 is 2.75 bits per heavy atom. The first kappa shape index (κ1) is 12.3. The third-order valence-electron chi connectivity index (χ3n) is 3.19. The summed E-state index contributed by atoms with van der Waals surface area (Å²) in [5.74, 6) is 0. The minimum Gasteiger partial charge on any atom is -0.380 e. The molecule has 2 saturated heterocycles. The van der Waals surface area contributed by atoms with Crippen molar-refractivity contribution in [1.82, 2.24) is 10.0 Å². The third kappa shape index (κ3) is 3.16. The molecule has 2 fully saturated rings. The predicted molar refractivity (Wildman–Crippen MR) is 61.8 cm³/mol. The van der Waals surface area contributed by atoms with Gasteiger partial charge in [0.1, 0.15) is 0 Å². The maximum atomic E-state index is 12.0. The van der Waals surface area contributed by atoms with Crippen molar-refractivity contribution < 1.29 is 13.2 Å². The summed E-state index contributed by atoms with van der Waals surface area (Å²) in [6.45, 7) is 2.77. The topological polar surface area (TPSA) is 67.4 Å². The van der Waals surface area contributed by atoms with E-state index >= 15 is 0 Å². The molecule has 0 radical (unpaired) electrons. The van der Waals surface area contributed by atoms with Crippen molar-refractivity contribution >= 4 is 10.0 Å². The first-order valence-corrected chi connectivity index (χ1v) is 7.53. The molecular formula is C10H20N2O3S. The quantitative estimate of drug-likeness (QED) is 0.728. The van der Waals surface area contributed by atoms with Gasteiger partial charge >= 0.3 is 0 Å². The standard InChI is InChI=1S/C10H20N2O3S/c13-16(14,10-4-2-6-15-8-10)12-9-3-1-5-11-7-9/h9-12H,1-8H2/t9-,10?/m0/s1. The summed E-state index contributed by atoms with van der Waals surface area (Å²) in [5.41, 5.74) is 0. The van der Waals surface area contributed by atoms with Crippen molar-refractivity contribution in [3.63, 3.8) is 0 Å². The highest BCUT2D eigenvalue weighted by atomic mass is 32.2. The predicted octanol–water partition coefficient (Wildman–Crippen LogP) is -0.163. The molecule has 0 amide bonds. The Balaban J connectivity index is 1.90. The molecule has 5 nitrogen and oxygen atoms in total. The number of rotatable bonds is 3. The van der Waals surface area contributed by atoms with Gasteiger partial charge in [-0.25, -0.2) is 13.1 Å². The number of sulfonamides is 1. The van der Waals surface area contributed by atoms with Gasteiger partial charge in [-0.1, -0.05) is 0 Å². The summed E-state index contributed by atoms with van der Waals surface area (Å²) < 4.78 is 32.1. The minimum atomic E-state index is -3.20. The van der Waals surface area contributed by atoms with Gasteiger partial charge in [-0.15, -0.1) is 0 Å². The molecule has 2 rings (SSSR count). The van der Waals surface area contributed by atoms with E-state index in [9.17, 15) is 8.42 Å². The van der Waals surface area contributed by atoms with E-state index < -0.39 is 10.0 Å². The number of piperidine rings is 1. The molecule has 0 bridgehead atoms. The van der Waals surface area contributed by atoms with Crippen molar-refractivity contribution in [1.29, 1.82) is 0 Å². The number of hydrogen-bond acceptors (Lipinski definition) is 4. The van der Waals surface area contributed by atoms with Crippen LogP contribution in [0, 0.1) is 0 Å². The molecule has 0 spiro atoms. The van der Waals surface area contributed by atoms with E-state index in [1.807, 2.05) is 0 Å². The fraction of sp³-hybridized carbons (Fsp3) is 1.00. The van der Waals surface area contributed by atoms with Crippen molar-refractivity contribution in [3.8, 4) is 0 Å². The van der Waals surface area contributed by atoms with Gasteiger partial charge in [0.15, 0.2) is 0 Å². The van der Waals surface area contributed by atoms with Crippen LogP contribution in [0.3, 0.4) is 0 Å². The monoisotopic (exact) mass is 248 g/mol. The second-order valence-corrected chi connectivity index (χ2v) is 6.54. The molecule has 0 aromatic rings. The molecule has 0 aromatic carbocycles. The molecule has 1 unspecified atom stereocenters. The summed E-state index contributed by atoms with van der Waals surface area (Å²) >= 11 is 0. The molecule has 2 N–H and O–H groups in total. The second kappa shape index (κ2) is 5.44. The van der Waals surface area contributed by atoms with Crippen LogP contribution < -0.4 is 10.0 Å². The van der Waals surface area contributed by atoms with Crippen molar-refractivity contribution in [2.75, 3.05) is 26.3 Å². The molecule has 94 valence electrons. The van der Waals surface area contributed by atoms with E-state index in [4.69, 9.17) is 4.74 Å². The van der Waals surface area contributed by atoms with Gasteiger partial charge in [0, 0.05) is 19.2 Å². The van der Waals surface area contributed by atoms with Crippen LogP contribution in [0.1, 0.15) is 25.7 Å². The first-order chi connectivity index (χ1) is 7.68. The molecule has 2 aliphatic heterocycles. The maximum absolute atomic E-state index is 12.0. The normalized spacial score (nSPS) is 32.5. The van der Waals surface area contributed by atoms with E-state index in [1.54, 1.807) is 0 Å². The summed E-state index contributed by atoms with van der Waals surface area (Å²) in [6.07, 6.45) is 3.53. The van der Waals surface area contributed by atoms with E-state index in [1.165, 1.54) is 0 Å². The van der Waals surface area contributed by atoms with Gasteiger partial charge in [-0.05, 0) is 32.2 Å². The van der Waals surface area contributed by atoms with E-state index in [0.717, 1.165) is 38.8 Å². The number of nitrogens with one attached hydrogen (secondary N) is 2. The zero-order valence-electron chi connectivity index (χ0n) is 9.44. The van der Waals surface area contributed by atoms with Crippen LogP contribution in [0.2, 0.25) is 0 Å². The Hall–Kier alpha value is -0.170. The molecule has 2 atom stereocenters. The lowest BCUT2D eigenvalue weighted by molar-refractivity contribution is 0.0986.